The lowest BCUT2D eigenvalue weighted by Crippen LogP contribution is -2.10. The van der Waals surface area contributed by atoms with E-state index >= 15 is 0 Å². The van der Waals surface area contributed by atoms with E-state index in [1.807, 2.05) is 0 Å². The molecule has 8 heteroatoms. The fraction of sp³-hybridized carbons (Fsp3) is 0.250. The van der Waals surface area contributed by atoms with Gasteiger partial charge in [0.2, 0.25) is 0 Å². The van der Waals surface area contributed by atoms with E-state index < -0.39 is 5.23 Å². The Kier molecular flexibility index (Phi) is 4.35. The summed E-state index contributed by atoms with van der Waals surface area (Å²) in [6, 6.07) is 0. The molecule has 0 bridgehead atoms. The molecular formula is C8H7Cl3NO4-. The van der Waals surface area contributed by atoms with Crippen molar-refractivity contribution in [2.24, 2.45) is 0 Å². The summed E-state index contributed by atoms with van der Waals surface area (Å²) in [6.07, 6.45) is 0. The molecule has 0 spiro atoms. The normalized spacial score (nSPS) is 10.2. The van der Waals surface area contributed by atoms with E-state index in [9.17, 15) is 5.21 Å². The van der Waals surface area contributed by atoms with Crippen LogP contribution in [0.4, 0.5) is 5.69 Å². The third-order valence-corrected chi connectivity index (χ3v) is 2.98. The molecule has 1 aromatic rings. The minimum atomic E-state index is -0.466. The average molecular weight is 288 g/mol. The van der Waals surface area contributed by atoms with E-state index in [0.29, 0.717) is 0 Å². The van der Waals surface area contributed by atoms with Gasteiger partial charge in [0, 0.05) is 0 Å². The molecule has 1 N–H and O–H groups in total. The van der Waals surface area contributed by atoms with Crippen molar-refractivity contribution in [1.29, 1.82) is 0 Å². The Hall–Kier alpha value is -0.590. The maximum Gasteiger partial charge on any atom is 0.165 e. The molecule has 1 aromatic carbocycles. The summed E-state index contributed by atoms with van der Waals surface area (Å²) < 4.78 is 9.71. The number of halogens is 3. The van der Waals surface area contributed by atoms with Gasteiger partial charge >= 0.3 is 0 Å². The van der Waals surface area contributed by atoms with Crippen LogP contribution in [0.2, 0.25) is 15.1 Å². The summed E-state index contributed by atoms with van der Waals surface area (Å²) in [7, 11) is 2.56. The summed E-state index contributed by atoms with van der Waals surface area (Å²) in [5.74, 6) is -0.144. The van der Waals surface area contributed by atoms with Gasteiger partial charge < -0.3 is 19.9 Å². The van der Waals surface area contributed by atoms with Crippen LogP contribution in [-0.2, 0) is 0 Å². The van der Waals surface area contributed by atoms with Gasteiger partial charge in [-0.25, -0.2) is 0 Å². The first-order chi connectivity index (χ1) is 7.45. The second-order valence-electron chi connectivity index (χ2n) is 2.63. The largest absolute Gasteiger partial charge is 0.733 e. The maximum absolute atomic E-state index is 10.9. The predicted octanol–water partition coefficient (Wildman–Crippen LogP) is 3.36. The van der Waals surface area contributed by atoms with Gasteiger partial charge in [0.15, 0.2) is 11.5 Å². The summed E-state index contributed by atoms with van der Waals surface area (Å²) in [4.78, 5) is 0. The zero-order valence-electron chi connectivity index (χ0n) is 8.25. The molecule has 0 atom stereocenters. The summed E-state index contributed by atoms with van der Waals surface area (Å²) in [5, 5.41) is 19.1. The van der Waals surface area contributed by atoms with Crippen molar-refractivity contribution in [3.8, 4) is 11.5 Å². The topological polar surface area (TPSA) is 65.0 Å². The molecule has 0 saturated heterocycles. The van der Waals surface area contributed by atoms with Crippen molar-refractivity contribution >= 4 is 40.5 Å². The Labute approximate surface area is 107 Å². The number of rotatable bonds is 3. The minimum absolute atomic E-state index is 0.00313. The Morgan fingerprint density at radius 1 is 1.00 bits per heavy atom. The summed E-state index contributed by atoms with van der Waals surface area (Å²) >= 11 is 17.5. The molecule has 0 aliphatic rings. The highest BCUT2D eigenvalue weighted by molar-refractivity contribution is 6.47. The van der Waals surface area contributed by atoms with Gasteiger partial charge in [-0.15, -0.1) is 0 Å². The van der Waals surface area contributed by atoms with Crippen LogP contribution in [0, 0.1) is 5.21 Å². The lowest BCUT2D eigenvalue weighted by molar-refractivity contribution is 0.290. The second kappa shape index (κ2) is 5.16. The van der Waals surface area contributed by atoms with Crippen molar-refractivity contribution in [3.05, 3.63) is 20.3 Å². The van der Waals surface area contributed by atoms with Gasteiger partial charge in [0.1, 0.15) is 20.8 Å². The molecule has 0 saturated carbocycles. The number of nitrogens with zero attached hydrogens (tertiary/aromatic N) is 1. The van der Waals surface area contributed by atoms with E-state index in [0.717, 1.165) is 0 Å². The van der Waals surface area contributed by atoms with E-state index in [4.69, 9.17) is 49.5 Å². The summed E-state index contributed by atoms with van der Waals surface area (Å²) in [5.41, 5.74) is -0.365. The Balaban J connectivity index is 3.64. The van der Waals surface area contributed by atoms with Gasteiger partial charge in [0.05, 0.1) is 14.2 Å². The SMILES string of the molecule is COc1c(Cl)c(Cl)c(OC)c(N([O-])O)c1Cl. The molecule has 0 radical (unpaired) electrons. The first-order valence-corrected chi connectivity index (χ1v) is 5.03. The molecule has 16 heavy (non-hydrogen) atoms. The monoisotopic (exact) mass is 286 g/mol. The number of benzene rings is 1. The maximum atomic E-state index is 10.9. The van der Waals surface area contributed by atoms with Gasteiger partial charge in [0.25, 0.3) is 0 Å². The number of ether oxygens (including phenoxy) is 2. The highest BCUT2D eigenvalue weighted by atomic mass is 35.5. The molecule has 0 fully saturated rings. The van der Waals surface area contributed by atoms with Crippen molar-refractivity contribution < 1.29 is 14.7 Å². The fourth-order valence-corrected chi connectivity index (χ4v) is 2.03. The number of anilines is 1. The Bertz CT molecular complexity index is 411. The van der Waals surface area contributed by atoms with E-state index in [-0.39, 0.29) is 32.3 Å². The van der Waals surface area contributed by atoms with E-state index in [1.54, 1.807) is 0 Å². The van der Waals surface area contributed by atoms with Crippen LogP contribution in [0.3, 0.4) is 0 Å². The van der Waals surface area contributed by atoms with Crippen LogP contribution in [-0.4, -0.2) is 19.4 Å². The predicted molar refractivity (Wildman–Crippen MR) is 62.2 cm³/mol. The third-order valence-electron chi connectivity index (χ3n) is 1.81. The first-order valence-electron chi connectivity index (χ1n) is 3.90. The van der Waals surface area contributed by atoms with Gasteiger partial charge in [-0.1, -0.05) is 34.8 Å². The van der Waals surface area contributed by atoms with Gasteiger partial charge in [-0.3, -0.25) is 5.21 Å². The van der Waals surface area contributed by atoms with Crippen LogP contribution in [0.1, 0.15) is 0 Å². The first kappa shape index (κ1) is 13.5. The third kappa shape index (κ3) is 2.09. The zero-order chi connectivity index (χ0) is 12.5. The van der Waals surface area contributed by atoms with Crippen molar-refractivity contribution in [1.82, 2.24) is 0 Å². The minimum Gasteiger partial charge on any atom is -0.733 e. The van der Waals surface area contributed by atoms with E-state index in [1.165, 1.54) is 14.2 Å². The van der Waals surface area contributed by atoms with Crippen molar-refractivity contribution in [2.45, 2.75) is 0 Å². The lowest BCUT2D eigenvalue weighted by Gasteiger charge is -2.27. The molecule has 0 aliphatic heterocycles. The van der Waals surface area contributed by atoms with Gasteiger partial charge in [-0.2, -0.15) is 0 Å². The lowest BCUT2D eigenvalue weighted by atomic mass is 10.2. The number of hydrogen-bond acceptors (Lipinski definition) is 5. The molecular weight excluding hydrogens is 280 g/mol. The smallest absolute Gasteiger partial charge is 0.165 e. The van der Waals surface area contributed by atoms with Crippen LogP contribution < -0.4 is 14.7 Å². The molecule has 0 aliphatic carbocycles. The molecule has 0 heterocycles. The van der Waals surface area contributed by atoms with Crippen molar-refractivity contribution in [2.75, 3.05) is 19.4 Å². The molecule has 90 valence electrons. The highest BCUT2D eigenvalue weighted by Gasteiger charge is 2.23. The standard InChI is InChI=1S/C8H7Cl3NO4/c1-15-7-3(9)4(10)8(16-2)6(5(7)11)12(13)14/h13H,1-2H3/q-1. The molecule has 0 amide bonds. The number of methoxy groups -OCH3 is 2. The number of hydrogen-bond donors (Lipinski definition) is 1. The molecule has 1 rings (SSSR count). The quantitative estimate of drug-likeness (QED) is 0.682. The van der Waals surface area contributed by atoms with Crippen LogP contribution in [0.5, 0.6) is 11.5 Å². The van der Waals surface area contributed by atoms with E-state index in [2.05, 4.69) is 0 Å². The molecule has 5 nitrogen and oxygen atoms in total. The van der Waals surface area contributed by atoms with Gasteiger partial charge in [-0.05, 0) is 0 Å². The summed E-state index contributed by atoms with van der Waals surface area (Å²) in [6.45, 7) is 0. The molecule has 0 unspecified atom stereocenters. The van der Waals surface area contributed by atoms with Crippen LogP contribution in [0.15, 0.2) is 0 Å². The average Bonchev–Trinajstić information content (AvgIpc) is 2.23. The van der Waals surface area contributed by atoms with Crippen LogP contribution >= 0.6 is 34.8 Å². The molecule has 0 aromatic heterocycles. The highest BCUT2D eigenvalue weighted by Crippen LogP contribution is 2.51. The van der Waals surface area contributed by atoms with Crippen molar-refractivity contribution in [3.63, 3.8) is 0 Å². The Morgan fingerprint density at radius 2 is 1.44 bits per heavy atom. The second-order valence-corrected chi connectivity index (χ2v) is 3.76. The van der Waals surface area contributed by atoms with Crippen LogP contribution in [0.25, 0.3) is 0 Å². The Morgan fingerprint density at radius 3 is 1.81 bits per heavy atom. The fourth-order valence-electron chi connectivity index (χ4n) is 1.14. The zero-order valence-corrected chi connectivity index (χ0v) is 10.5.